The van der Waals surface area contributed by atoms with Crippen molar-refractivity contribution in [2.75, 3.05) is 36.9 Å². The van der Waals surface area contributed by atoms with E-state index in [2.05, 4.69) is 54.6 Å². The number of nitrogen functional groups attached to an aromatic ring is 1. The van der Waals surface area contributed by atoms with Crippen molar-refractivity contribution in [2.24, 2.45) is 11.0 Å². The Morgan fingerprint density at radius 2 is 2.00 bits per heavy atom. The van der Waals surface area contributed by atoms with Gasteiger partial charge in [-0.25, -0.2) is 5.10 Å². The molecule has 4 N–H and O–H groups in total. The van der Waals surface area contributed by atoms with Crippen LogP contribution in [0.4, 0.5) is 11.9 Å². The summed E-state index contributed by atoms with van der Waals surface area (Å²) in [6.45, 7) is 5.65. The third-order valence-electron chi connectivity index (χ3n) is 6.95. The highest BCUT2D eigenvalue weighted by Gasteiger charge is 2.40. The summed E-state index contributed by atoms with van der Waals surface area (Å²) in [4.78, 5) is 9.18. The van der Waals surface area contributed by atoms with Crippen LogP contribution in [0.3, 0.4) is 0 Å². The van der Waals surface area contributed by atoms with Crippen LogP contribution in [0.5, 0.6) is 0 Å². The van der Waals surface area contributed by atoms with Crippen LogP contribution >= 0.6 is 11.6 Å². The highest BCUT2D eigenvalue weighted by Crippen LogP contribution is 2.29. The van der Waals surface area contributed by atoms with Gasteiger partial charge in [-0.15, -0.1) is 5.10 Å². The van der Waals surface area contributed by atoms with Crippen molar-refractivity contribution in [3.63, 3.8) is 0 Å². The lowest BCUT2D eigenvalue weighted by Gasteiger charge is -2.48. The maximum Gasteiger partial charge on any atom is 0.246 e. The summed E-state index contributed by atoms with van der Waals surface area (Å²) in [5, 5.41) is 12.0. The zero-order valence-corrected chi connectivity index (χ0v) is 19.1. The lowest BCUT2D eigenvalue weighted by Crippen LogP contribution is -2.60. The highest BCUT2D eigenvalue weighted by molar-refractivity contribution is 6.30. The number of H-pyrrole nitrogens is 1. The minimum Gasteiger partial charge on any atom is -0.373 e. The molecule has 2 fully saturated rings. The third-order valence-corrected chi connectivity index (χ3v) is 7.21. The van der Waals surface area contributed by atoms with Crippen molar-refractivity contribution >= 4 is 29.7 Å². The van der Waals surface area contributed by atoms with Crippen molar-refractivity contribution in [2.45, 2.75) is 50.4 Å². The first-order valence-electron chi connectivity index (χ1n) is 11.4. The van der Waals surface area contributed by atoms with Crippen molar-refractivity contribution in [1.82, 2.24) is 25.5 Å². The molecule has 2 unspecified atom stereocenters. The van der Waals surface area contributed by atoms with Crippen LogP contribution in [0, 0.1) is 5.92 Å². The molecular formula is C22H31ClN8O. The smallest absolute Gasteiger partial charge is 0.246 e. The predicted molar refractivity (Wildman–Crippen MR) is 126 cm³/mol. The molecule has 0 aliphatic carbocycles. The van der Waals surface area contributed by atoms with Crippen LogP contribution in [0.15, 0.2) is 29.4 Å². The fourth-order valence-electron chi connectivity index (χ4n) is 5.16. The monoisotopic (exact) mass is 458 g/mol. The Labute approximate surface area is 193 Å². The number of nitrogens with zero attached hydrogens (tertiary/aromatic N) is 5. The second kappa shape index (κ2) is 9.25. The number of aromatic nitrogens is 3. The molecule has 0 saturated carbocycles. The Bertz CT molecular complexity index is 926. The number of benzene rings is 1. The molecule has 0 bridgehead atoms. The quantitative estimate of drug-likeness (QED) is 0.628. The summed E-state index contributed by atoms with van der Waals surface area (Å²) in [6, 6.07) is 9.23. The predicted octanol–water partition coefficient (Wildman–Crippen LogP) is 1.91. The summed E-state index contributed by atoms with van der Waals surface area (Å²) >= 11 is 6.10. The number of aromatic amines is 1. The molecule has 172 valence electrons. The van der Waals surface area contributed by atoms with Gasteiger partial charge in [0.25, 0.3) is 0 Å². The molecule has 2 saturated heterocycles. The fourth-order valence-corrected chi connectivity index (χ4v) is 5.28. The topological polar surface area (TPSA) is 108 Å². The number of halogens is 1. The van der Waals surface area contributed by atoms with Gasteiger partial charge >= 0.3 is 0 Å². The van der Waals surface area contributed by atoms with Gasteiger partial charge in [0.05, 0.1) is 18.8 Å². The van der Waals surface area contributed by atoms with Gasteiger partial charge in [-0.05, 0) is 37.0 Å². The van der Waals surface area contributed by atoms with Crippen molar-refractivity contribution in [3.05, 3.63) is 34.9 Å². The van der Waals surface area contributed by atoms with Crippen LogP contribution in [0.2, 0.25) is 5.02 Å². The molecule has 3 aliphatic rings. The number of hydrazone groups is 1. The number of rotatable bonds is 5. The first-order valence-corrected chi connectivity index (χ1v) is 11.8. The Balaban J connectivity index is 1.29. The first-order chi connectivity index (χ1) is 15.6. The molecule has 32 heavy (non-hydrogen) atoms. The molecule has 1 aromatic heterocycles. The number of hydrogen-bond donors (Lipinski definition) is 3. The largest absolute Gasteiger partial charge is 0.373 e. The molecule has 2 aromatic rings. The van der Waals surface area contributed by atoms with Gasteiger partial charge in [0, 0.05) is 48.9 Å². The van der Waals surface area contributed by atoms with Crippen LogP contribution in [-0.4, -0.2) is 76.8 Å². The molecule has 0 amide bonds. The van der Waals surface area contributed by atoms with E-state index in [1.807, 2.05) is 18.3 Å². The Kier molecular flexibility index (Phi) is 6.21. The van der Waals surface area contributed by atoms with E-state index in [0.29, 0.717) is 29.9 Å². The number of morpholine rings is 1. The Morgan fingerprint density at radius 3 is 2.66 bits per heavy atom. The van der Waals surface area contributed by atoms with Gasteiger partial charge in [0.1, 0.15) is 0 Å². The maximum absolute atomic E-state index is 6.40. The molecule has 0 spiro atoms. The van der Waals surface area contributed by atoms with Crippen LogP contribution < -0.4 is 16.1 Å². The molecule has 5 rings (SSSR count). The number of ether oxygens (including phenoxy) is 1. The van der Waals surface area contributed by atoms with Crippen LogP contribution in [0.1, 0.15) is 25.3 Å². The lowest BCUT2D eigenvalue weighted by atomic mass is 9.92. The fraction of sp³-hybridized carbons (Fsp3) is 0.591. The van der Waals surface area contributed by atoms with Gasteiger partial charge < -0.3 is 20.8 Å². The third kappa shape index (κ3) is 4.55. The van der Waals surface area contributed by atoms with E-state index in [1.165, 1.54) is 5.56 Å². The molecule has 0 radical (unpaired) electrons. The second-order valence-electron chi connectivity index (χ2n) is 9.08. The minimum atomic E-state index is 0.125. The van der Waals surface area contributed by atoms with Crippen LogP contribution in [0.25, 0.3) is 0 Å². The standard InChI is InChI=1S/C22H31ClN8O/c1-14-11-25-27-20(14)19-12-31(18(13-32-19)10-15-2-4-16(23)5-3-15)17-6-8-30(9-7-17)22-26-21(24)28-29-22/h2-5,11,14,17-20,27H,6-10,12-13H2,1H3,(H3,24,26,28,29)/t14?,18-,19+,20?/m0/s1. The number of nitrogens with two attached hydrogens (primary N) is 1. The zero-order valence-electron chi connectivity index (χ0n) is 18.3. The molecule has 4 atom stereocenters. The van der Waals surface area contributed by atoms with Crippen molar-refractivity contribution in [3.8, 4) is 0 Å². The Hall–Kier alpha value is -2.36. The SMILES string of the molecule is CC1C=NNC1[C@H]1CN(C2CCN(c3n[nH]c(N)n3)CC2)[C@@H](Cc2ccc(Cl)cc2)CO1. The van der Waals surface area contributed by atoms with Crippen molar-refractivity contribution < 1.29 is 4.74 Å². The second-order valence-corrected chi connectivity index (χ2v) is 9.52. The molecular weight excluding hydrogens is 428 g/mol. The van der Waals surface area contributed by atoms with Gasteiger partial charge in [-0.2, -0.15) is 10.1 Å². The molecule has 10 heteroatoms. The van der Waals surface area contributed by atoms with Gasteiger partial charge in [-0.3, -0.25) is 4.90 Å². The first kappa shape index (κ1) is 21.5. The average molecular weight is 459 g/mol. The number of nitrogens with one attached hydrogen (secondary N) is 2. The number of hydrogen-bond acceptors (Lipinski definition) is 8. The number of anilines is 2. The van der Waals surface area contributed by atoms with E-state index in [0.717, 1.165) is 50.5 Å². The van der Waals surface area contributed by atoms with Gasteiger partial charge in [-0.1, -0.05) is 30.7 Å². The summed E-state index contributed by atoms with van der Waals surface area (Å²) in [5.41, 5.74) is 10.3. The van der Waals surface area contributed by atoms with Gasteiger partial charge in [0.15, 0.2) is 0 Å². The summed E-state index contributed by atoms with van der Waals surface area (Å²) in [7, 11) is 0. The van der Waals surface area contributed by atoms with E-state index >= 15 is 0 Å². The molecule has 3 aliphatic heterocycles. The highest BCUT2D eigenvalue weighted by atomic mass is 35.5. The lowest BCUT2D eigenvalue weighted by molar-refractivity contribution is -0.0961. The average Bonchev–Trinajstić information content (AvgIpc) is 3.44. The minimum absolute atomic E-state index is 0.125. The summed E-state index contributed by atoms with van der Waals surface area (Å²) in [5.74, 6) is 1.42. The summed E-state index contributed by atoms with van der Waals surface area (Å²) in [6.07, 6.45) is 5.18. The van der Waals surface area contributed by atoms with Gasteiger partial charge in [0.2, 0.25) is 11.9 Å². The van der Waals surface area contributed by atoms with Crippen molar-refractivity contribution in [1.29, 1.82) is 0 Å². The van der Waals surface area contributed by atoms with E-state index in [4.69, 9.17) is 22.1 Å². The van der Waals surface area contributed by atoms with Crippen LogP contribution in [-0.2, 0) is 11.2 Å². The molecule has 4 heterocycles. The molecule has 9 nitrogen and oxygen atoms in total. The maximum atomic E-state index is 6.40. The van der Waals surface area contributed by atoms with E-state index in [-0.39, 0.29) is 12.1 Å². The van der Waals surface area contributed by atoms with E-state index in [9.17, 15) is 0 Å². The molecule has 1 aromatic carbocycles. The Morgan fingerprint density at radius 1 is 1.22 bits per heavy atom. The zero-order chi connectivity index (χ0) is 22.1. The normalized spacial score (nSPS) is 29.4. The summed E-state index contributed by atoms with van der Waals surface area (Å²) < 4.78 is 6.40. The van der Waals surface area contributed by atoms with E-state index in [1.54, 1.807) is 0 Å². The number of piperidine rings is 1. The van der Waals surface area contributed by atoms with E-state index < -0.39 is 0 Å².